The molecule has 2 aromatic heterocycles. The van der Waals surface area contributed by atoms with Crippen LogP contribution in [0, 0.1) is 0 Å². The minimum atomic E-state index is -4.85. The third-order valence-electron chi connectivity index (χ3n) is 6.29. The van der Waals surface area contributed by atoms with Crippen LogP contribution >= 0.6 is 0 Å². The highest BCUT2D eigenvalue weighted by atomic mass is 19.4. The summed E-state index contributed by atoms with van der Waals surface area (Å²) in [5.41, 5.74) is -3.98. The molecule has 2 aromatic rings. The molecule has 2 aliphatic rings. The number of H-pyrrole nitrogens is 1. The minimum absolute atomic E-state index is 0.0116. The predicted molar refractivity (Wildman–Crippen MR) is 119 cm³/mol. The maximum atomic E-state index is 13.2. The van der Waals surface area contributed by atoms with Gasteiger partial charge in [-0.25, -0.2) is 10.1 Å². The molecule has 1 amide bonds. The van der Waals surface area contributed by atoms with Crippen LogP contribution in [0.15, 0.2) is 29.3 Å². The van der Waals surface area contributed by atoms with Gasteiger partial charge in [0.2, 0.25) is 5.91 Å². The van der Waals surface area contributed by atoms with Crippen molar-refractivity contribution in [3.05, 3.63) is 46.0 Å². The second-order valence-electron chi connectivity index (χ2n) is 8.80. The van der Waals surface area contributed by atoms with Crippen molar-refractivity contribution < 1.29 is 35.9 Å². The minimum Gasteiger partial charge on any atom is -0.380 e. The van der Waals surface area contributed by atoms with Gasteiger partial charge in [0.15, 0.2) is 0 Å². The molecule has 0 saturated carbocycles. The van der Waals surface area contributed by atoms with Crippen molar-refractivity contribution in [1.82, 2.24) is 20.1 Å². The average Bonchev–Trinajstić information content (AvgIpc) is 3.28. The van der Waals surface area contributed by atoms with Crippen LogP contribution in [-0.2, 0) is 21.9 Å². The van der Waals surface area contributed by atoms with Crippen LogP contribution in [0.25, 0.3) is 0 Å². The van der Waals surface area contributed by atoms with E-state index in [1.165, 1.54) is 6.07 Å². The average molecular weight is 534 g/mol. The molecule has 2 N–H and O–H groups in total. The van der Waals surface area contributed by atoms with E-state index in [9.17, 15) is 35.9 Å². The summed E-state index contributed by atoms with van der Waals surface area (Å²) in [6.45, 7) is 1.57. The summed E-state index contributed by atoms with van der Waals surface area (Å²) >= 11 is 0. The maximum absolute atomic E-state index is 13.2. The number of nitrogens with one attached hydrogen (secondary N) is 2. The predicted octanol–water partition coefficient (Wildman–Crippen LogP) is 2.90. The van der Waals surface area contributed by atoms with Gasteiger partial charge in [-0.3, -0.25) is 9.59 Å². The standard InChI is InChI=1S/C22H24F6N6O3/c23-21(24,25)13-1-4-17(30-10-13)33-5-7-34(8-6-33)18(35)9-14-2-3-15(37-14)11-29-16-12-31-32-20(36)19(16)22(26,27)28/h1,4,10,12,14-15H,2-3,5-9,11H2,(H2,29,32,36)/t14-,15-/m0/s1. The fraction of sp³-hybridized carbons (Fsp3) is 0.545. The van der Waals surface area contributed by atoms with Gasteiger partial charge in [-0.1, -0.05) is 0 Å². The fourth-order valence-electron chi connectivity index (χ4n) is 4.37. The Morgan fingerprint density at radius 2 is 1.73 bits per heavy atom. The lowest BCUT2D eigenvalue weighted by atomic mass is 10.1. The van der Waals surface area contributed by atoms with Crippen LogP contribution < -0.4 is 15.8 Å². The first kappa shape index (κ1) is 26.7. The number of hydrogen-bond donors (Lipinski definition) is 2. The Balaban J connectivity index is 1.23. The van der Waals surface area contributed by atoms with E-state index in [-0.39, 0.29) is 18.9 Å². The number of amides is 1. The first-order valence-corrected chi connectivity index (χ1v) is 11.5. The van der Waals surface area contributed by atoms with Gasteiger partial charge >= 0.3 is 12.4 Å². The molecule has 2 saturated heterocycles. The Labute approximate surface area is 206 Å². The molecule has 2 atom stereocenters. The molecule has 2 aliphatic heterocycles. The van der Waals surface area contributed by atoms with Crippen molar-refractivity contribution in [2.24, 2.45) is 0 Å². The number of alkyl halides is 6. The molecule has 0 aromatic carbocycles. The van der Waals surface area contributed by atoms with Crippen molar-refractivity contribution >= 4 is 17.4 Å². The lowest BCUT2D eigenvalue weighted by molar-refractivity contribution is -0.138. The summed E-state index contributed by atoms with van der Waals surface area (Å²) in [4.78, 5) is 31.6. The van der Waals surface area contributed by atoms with Crippen LogP contribution in [0.1, 0.15) is 30.4 Å². The van der Waals surface area contributed by atoms with Crippen molar-refractivity contribution in [2.75, 3.05) is 42.9 Å². The van der Waals surface area contributed by atoms with Crippen molar-refractivity contribution in [3.63, 3.8) is 0 Å². The van der Waals surface area contributed by atoms with E-state index < -0.39 is 46.9 Å². The largest absolute Gasteiger partial charge is 0.423 e. The van der Waals surface area contributed by atoms with E-state index in [0.29, 0.717) is 44.8 Å². The van der Waals surface area contributed by atoms with E-state index in [2.05, 4.69) is 15.4 Å². The monoisotopic (exact) mass is 534 g/mol. The van der Waals surface area contributed by atoms with Gasteiger partial charge in [-0.15, -0.1) is 0 Å². The second kappa shape index (κ2) is 10.6. The van der Waals surface area contributed by atoms with Crippen LogP contribution in [0.2, 0.25) is 0 Å². The number of halogens is 6. The Kier molecular flexibility index (Phi) is 7.62. The number of anilines is 2. The van der Waals surface area contributed by atoms with Gasteiger partial charge < -0.3 is 19.9 Å². The summed E-state index contributed by atoms with van der Waals surface area (Å²) in [7, 11) is 0. The lowest BCUT2D eigenvalue weighted by Gasteiger charge is -2.36. The third-order valence-corrected chi connectivity index (χ3v) is 6.29. The quantitative estimate of drug-likeness (QED) is 0.550. The highest BCUT2D eigenvalue weighted by Gasteiger charge is 2.38. The molecule has 4 heterocycles. The first-order chi connectivity index (χ1) is 17.4. The maximum Gasteiger partial charge on any atom is 0.423 e. The molecule has 0 spiro atoms. The number of aromatic nitrogens is 3. The van der Waals surface area contributed by atoms with Crippen molar-refractivity contribution in [3.8, 4) is 0 Å². The summed E-state index contributed by atoms with van der Waals surface area (Å²) in [5, 5.41) is 7.75. The van der Waals surface area contributed by atoms with Crippen molar-refractivity contribution in [2.45, 2.75) is 43.8 Å². The molecule has 2 fully saturated rings. The molecule has 9 nitrogen and oxygen atoms in total. The molecule has 202 valence electrons. The third kappa shape index (κ3) is 6.50. The number of carbonyl (C=O) groups excluding carboxylic acids is 1. The molecular weight excluding hydrogens is 510 g/mol. The first-order valence-electron chi connectivity index (χ1n) is 11.5. The molecule has 0 aliphatic carbocycles. The topological polar surface area (TPSA) is 103 Å². The number of pyridine rings is 1. The molecule has 0 bridgehead atoms. The molecule has 15 heteroatoms. The fourth-order valence-corrected chi connectivity index (χ4v) is 4.37. The van der Waals surface area contributed by atoms with Gasteiger partial charge in [0.25, 0.3) is 5.56 Å². The number of aromatic amines is 1. The number of hydrogen-bond acceptors (Lipinski definition) is 7. The van der Waals surface area contributed by atoms with Gasteiger partial charge in [0, 0.05) is 38.9 Å². The number of rotatable bonds is 6. The van der Waals surface area contributed by atoms with E-state index >= 15 is 0 Å². The van der Waals surface area contributed by atoms with E-state index in [4.69, 9.17) is 4.74 Å². The zero-order chi connectivity index (χ0) is 26.8. The van der Waals surface area contributed by atoms with Crippen molar-refractivity contribution in [1.29, 1.82) is 0 Å². The zero-order valence-electron chi connectivity index (χ0n) is 19.4. The second-order valence-corrected chi connectivity index (χ2v) is 8.80. The smallest absolute Gasteiger partial charge is 0.380 e. The Morgan fingerprint density at radius 1 is 1.03 bits per heavy atom. The van der Waals surface area contributed by atoms with E-state index in [1.54, 1.807) is 14.9 Å². The van der Waals surface area contributed by atoms with Crippen LogP contribution in [-0.4, -0.2) is 70.9 Å². The van der Waals surface area contributed by atoms with E-state index in [0.717, 1.165) is 18.5 Å². The van der Waals surface area contributed by atoms with Gasteiger partial charge in [0.1, 0.15) is 11.4 Å². The van der Waals surface area contributed by atoms with Crippen LogP contribution in [0.4, 0.5) is 37.8 Å². The summed E-state index contributed by atoms with van der Waals surface area (Å²) in [6.07, 6.45) is -7.30. The summed E-state index contributed by atoms with van der Waals surface area (Å²) in [5.74, 6) is 0.260. The number of nitrogens with zero attached hydrogens (tertiary/aromatic N) is 4. The molecular formula is C22H24F6N6O3. The van der Waals surface area contributed by atoms with Gasteiger partial charge in [0.05, 0.1) is 36.1 Å². The highest BCUT2D eigenvalue weighted by molar-refractivity contribution is 5.77. The number of ether oxygens (including phenoxy) is 1. The molecule has 4 rings (SSSR count). The Hall–Kier alpha value is -3.36. The van der Waals surface area contributed by atoms with Gasteiger partial charge in [-0.2, -0.15) is 31.4 Å². The van der Waals surface area contributed by atoms with Crippen LogP contribution in [0.3, 0.4) is 0 Å². The normalized spacial score (nSPS) is 20.8. The summed E-state index contributed by atoms with van der Waals surface area (Å²) in [6, 6.07) is 2.28. The SMILES string of the molecule is O=C(C[C@@H]1CC[C@@H](CNc2cn[nH]c(=O)c2C(F)(F)F)O1)N1CCN(c2ccc(C(F)(F)F)cn2)CC1. The summed E-state index contributed by atoms with van der Waals surface area (Å²) < 4.78 is 83.5. The van der Waals surface area contributed by atoms with Crippen LogP contribution in [0.5, 0.6) is 0 Å². The molecule has 37 heavy (non-hydrogen) atoms. The molecule has 0 radical (unpaired) electrons. The highest BCUT2D eigenvalue weighted by Crippen LogP contribution is 2.32. The number of carbonyl (C=O) groups is 1. The molecule has 0 unspecified atom stereocenters. The van der Waals surface area contributed by atoms with Gasteiger partial charge in [-0.05, 0) is 25.0 Å². The lowest BCUT2D eigenvalue weighted by Crippen LogP contribution is -2.49. The Morgan fingerprint density at radius 3 is 2.35 bits per heavy atom. The van der Waals surface area contributed by atoms with E-state index in [1.807, 2.05) is 0 Å². The number of piperazine rings is 1. The Bertz CT molecular complexity index is 1150. The zero-order valence-corrected chi connectivity index (χ0v) is 19.4.